The summed E-state index contributed by atoms with van der Waals surface area (Å²) in [6.07, 6.45) is -3.30. The standard InChI is InChI=1S/C11H12N2O6S/c14-4-5-8(17)9(18)10(19-5)13-7(16)3-6(15)12-1-2-20-11(12)13/h1-3,5,8-10,14,17-18H,4H2. The van der Waals surface area contributed by atoms with E-state index in [2.05, 4.69) is 0 Å². The molecule has 4 unspecified atom stereocenters. The van der Waals surface area contributed by atoms with Crippen molar-refractivity contribution in [3.8, 4) is 5.88 Å². The summed E-state index contributed by atoms with van der Waals surface area (Å²) < 4.78 is 7.68. The quantitative estimate of drug-likeness (QED) is 0.521. The third kappa shape index (κ3) is 1.83. The van der Waals surface area contributed by atoms with E-state index in [4.69, 9.17) is 9.84 Å². The molecular formula is C11H12N2O6S. The molecule has 2 aromatic heterocycles. The monoisotopic (exact) mass is 300 g/mol. The van der Waals surface area contributed by atoms with Gasteiger partial charge in [-0.15, -0.1) is 0 Å². The van der Waals surface area contributed by atoms with Crippen molar-refractivity contribution in [2.75, 3.05) is 6.61 Å². The number of rotatable bonds is 2. The van der Waals surface area contributed by atoms with Crippen molar-refractivity contribution in [3.63, 3.8) is 0 Å². The maximum atomic E-state index is 12.0. The number of aliphatic hydroxyl groups excluding tert-OH is 3. The van der Waals surface area contributed by atoms with E-state index in [0.717, 1.165) is 22.0 Å². The lowest BCUT2D eigenvalue weighted by Crippen LogP contribution is -2.50. The van der Waals surface area contributed by atoms with Gasteiger partial charge < -0.3 is 25.2 Å². The summed E-state index contributed by atoms with van der Waals surface area (Å²) in [7, 11) is 0. The lowest BCUT2D eigenvalue weighted by atomic mass is 10.1. The van der Waals surface area contributed by atoms with Crippen molar-refractivity contribution in [1.29, 1.82) is 0 Å². The van der Waals surface area contributed by atoms with Crippen molar-refractivity contribution in [1.82, 2.24) is 4.40 Å². The molecule has 0 bridgehead atoms. The first-order valence-corrected chi connectivity index (χ1v) is 6.76. The number of aromatic nitrogens is 2. The summed E-state index contributed by atoms with van der Waals surface area (Å²) >= 11 is 1.13. The summed E-state index contributed by atoms with van der Waals surface area (Å²) in [5.74, 6) is -0.632. The van der Waals surface area contributed by atoms with Gasteiger partial charge in [0.05, 0.1) is 18.6 Å². The second kappa shape index (κ2) is 4.79. The molecule has 3 N–H and O–H groups in total. The van der Waals surface area contributed by atoms with Crippen LogP contribution in [0.5, 0.6) is 5.88 Å². The Labute approximate surface area is 116 Å². The lowest BCUT2D eigenvalue weighted by Gasteiger charge is -2.18. The molecule has 1 aliphatic rings. The molecule has 20 heavy (non-hydrogen) atoms. The molecule has 0 saturated carbocycles. The van der Waals surface area contributed by atoms with Gasteiger partial charge in [0.1, 0.15) is 24.5 Å². The molecule has 4 atom stereocenters. The fourth-order valence-electron chi connectivity index (χ4n) is 2.28. The van der Waals surface area contributed by atoms with Crippen LogP contribution in [0.4, 0.5) is 0 Å². The molecule has 0 aliphatic carbocycles. The number of ether oxygens (including phenoxy) is 1. The van der Waals surface area contributed by atoms with Gasteiger partial charge in [0, 0.05) is 5.38 Å². The normalized spacial score (nSPS) is 30.1. The second-order valence-electron chi connectivity index (χ2n) is 4.48. The zero-order valence-corrected chi connectivity index (χ0v) is 10.9. The van der Waals surface area contributed by atoms with Crippen LogP contribution in [-0.2, 0) is 4.74 Å². The summed E-state index contributed by atoms with van der Waals surface area (Å²) in [6.45, 7) is -0.482. The Balaban J connectivity index is 2.16. The number of hydrogen-bond acceptors (Lipinski definition) is 7. The van der Waals surface area contributed by atoms with Gasteiger partial charge in [-0.3, -0.25) is 0 Å². The van der Waals surface area contributed by atoms with E-state index in [-0.39, 0.29) is 4.96 Å². The zero-order valence-electron chi connectivity index (χ0n) is 10.1. The smallest absolute Gasteiger partial charge is 0.350 e. The molecule has 9 heteroatoms. The Morgan fingerprint density at radius 2 is 2.20 bits per heavy atom. The van der Waals surface area contributed by atoms with Crippen molar-refractivity contribution in [3.05, 3.63) is 28.0 Å². The molecule has 0 amide bonds. The predicted molar refractivity (Wildman–Crippen MR) is 64.2 cm³/mol. The highest BCUT2D eigenvalue weighted by Crippen LogP contribution is 2.27. The van der Waals surface area contributed by atoms with E-state index in [1.54, 1.807) is 5.38 Å². The van der Waals surface area contributed by atoms with E-state index in [9.17, 15) is 20.1 Å². The molecule has 0 spiro atoms. The third-order valence-electron chi connectivity index (χ3n) is 3.29. The molecule has 2 aromatic rings. The van der Waals surface area contributed by atoms with Gasteiger partial charge in [0.15, 0.2) is 0 Å². The van der Waals surface area contributed by atoms with Crippen LogP contribution < -0.4 is 15.2 Å². The Hall–Kier alpha value is -1.52. The zero-order chi connectivity index (χ0) is 14.4. The van der Waals surface area contributed by atoms with E-state index in [1.807, 2.05) is 0 Å². The highest BCUT2D eigenvalue weighted by Gasteiger charge is 2.46. The molecule has 108 valence electrons. The predicted octanol–water partition coefficient (Wildman–Crippen LogP) is -2.67. The first-order valence-electron chi connectivity index (χ1n) is 5.88. The topological polar surface area (TPSA) is 118 Å². The van der Waals surface area contributed by atoms with Crippen LogP contribution in [0.3, 0.4) is 0 Å². The van der Waals surface area contributed by atoms with Crippen molar-refractivity contribution in [2.45, 2.75) is 24.5 Å². The number of nitrogens with zero attached hydrogens (tertiary/aromatic N) is 2. The van der Waals surface area contributed by atoms with E-state index in [0.29, 0.717) is 0 Å². The molecule has 3 rings (SSSR count). The molecule has 1 aliphatic heterocycles. The Morgan fingerprint density at radius 3 is 2.85 bits per heavy atom. The van der Waals surface area contributed by atoms with E-state index in [1.165, 1.54) is 10.6 Å². The third-order valence-corrected chi connectivity index (χ3v) is 4.15. The Morgan fingerprint density at radius 1 is 1.45 bits per heavy atom. The summed E-state index contributed by atoms with van der Waals surface area (Å²) in [6, 6.07) is 0.883. The summed E-state index contributed by atoms with van der Waals surface area (Å²) in [5.41, 5.74) is -0.478. The highest BCUT2D eigenvalue weighted by atomic mass is 32.1. The number of fused-ring (bicyclic) bond motifs is 1. The molecule has 0 aromatic carbocycles. The molecular weight excluding hydrogens is 288 g/mol. The lowest BCUT2D eigenvalue weighted by molar-refractivity contribution is -0.775. The molecule has 1 saturated heterocycles. The van der Waals surface area contributed by atoms with Crippen LogP contribution in [0.15, 0.2) is 22.4 Å². The van der Waals surface area contributed by atoms with Gasteiger partial charge in [-0.2, -0.15) is 4.40 Å². The van der Waals surface area contributed by atoms with Gasteiger partial charge in [-0.1, -0.05) is 11.3 Å². The largest absolute Gasteiger partial charge is 0.842 e. The maximum Gasteiger partial charge on any atom is 0.350 e. The van der Waals surface area contributed by atoms with Crippen molar-refractivity contribution >= 4 is 16.3 Å². The van der Waals surface area contributed by atoms with E-state index < -0.39 is 42.6 Å². The molecule has 3 heterocycles. The average molecular weight is 300 g/mol. The average Bonchev–Trinajstić information content (AvgIpc) is 2.99. The molecule has 1 fully saturated rings. The maximum absolute atomic E-state index is 12.0. The highest BCUT2D eigenvalue weighted by molar-refractivity contribution is 7.14. The minimum atomic E-state index is -1.37. The minimum absolute atomic E-state index is 0.289. The van der Waals surface area contributed by atoms with Gasteiger partial charge in [0.25, 0.3) is 0 Å². The van der Waals surface area contributed by atoms with Gasteiger partial charge in [-0.05, 0) is 0 Å². The Bertz CT molecular complexity index is 698. The first-order chi connectivity index (χ1) is 9.54. The fraction of sp³-hybridized carbons (Fsp3) is 0.455. The summed E-state index contributed by atoms with van der Waals surface area (Å²) in [5, 5.41) is 42.4. The van der Waals surface area contributed by atoms with Gasteiger partial charge in [0.2, 0.25) is 6.23 Å². The van der Waals surface area contributed by atoms with E-state index >= 15 is 0 Å². The van der Waals surface area contributed by atoms with Crippen LogP contribution in [-0.4, -0.2) is 44.6 Å². The summed E-state index contributed by atoms with van der Waals surface area (Å²) in [4.78, 5) is 11.9. The van der Waals surface area contributed by atoms with Crippen LogP contribution in [0.25, 0.3) is 4.96 Å². The SMILES string of the molecule is O=c1cc([O-])[n+](C2OC(CO)C(O)C2O)c2sccn12. The van der Waals surface area contributed by atoms with Gasteiger partial charge >= 0.3 is 10.5 Å². The fourth-order valence-corrected chi connectivity index (χ4v) is 3.16. The molecule has 8 nitrogen and oxygen atoms in total. The van der Waals surface area contributed by atoms with Crippen molar-refractivity contribution in [2.24, 2.45) is 0 Å². The van der Waals surface area contributed by atoms with Crippen LogP contribution in [0, 0.1) is 0 Å². The number of hydrogen-bond donors (Lipinski definition) is 3. The van der Waals surface area contributed by atoms with Crippen LogP contribution in [0.2, 0.25) is 0 Å². The minimum Gasteiger partial charge on any atom is -0.842 e. The Kier molecular flexibility index (Phi) is 3.22. The number of thiazole rings is 1. The van der Waals surface area contributed by atoms with Crippen LogP contribution >= 0.6 is 11.3 Å². The second-order valence-corrected chi connectivity index (χ2v) is 5.35. The number of aliphatic hydroxyl groups is 3. The molecule has 0 radical (unpaired) electrons. The first kappa shape index (κ1) is 13.5. The van der Waals surface area contributed by atoms with Gasteiger partial charge in [-0.25, -0.2) is 9.36 Å². The van der Waals surface area contributed by atoms with Crippen molar-refractivity contribution < 1.29 is 29.7 Å². The van der Waals surface area contributed by atoms with Crippen LogP contribution in [0.1, 0.15) is 6.23 Å².